The summed E-state index contributed by atoms with van der Waals surface area (Å²) in [6.07, 6.45) is 5.05. The third-order valence-corrected chi connectivity index (χ3v) is 7.46. The Morgan fingerprint density at radius 1 is 1.16 bits per heavy atom. The summed E-state index contributed by atoms with van der Waals surface area (Å²) in [5.74, 6) is -0.231. The van der Waals surface area contributed by atoms with Gasteiger partial charge >= 0.3 is 0 Å². The molecule has 2 unspecified atom stereocenters. The van der Waals surface area contributed by atoms with E-state index in [0.29, 0.717) is 19.8 Å². The Morgan fingerprint density at radius 3 is 2.66 bits per heavy atom. The number of carbonyl (C=O) groups excluding carboxylic acids is 2. The molecule has 3 rings (SSSR count). The summed E-state index contributed by atoms with van der Waals surface area (Å²) < 4.78 is 5.65. The highest BCUT2D eigenvalue weighted by molar-refractivity contribution is 7.83. The van der Waals surface area contributed by atoms with E-state index in [0.717, 1.165) is 47.7 Å². The second-order valence-corrected chi connectivity index (χ2v) is 10.1. The number of amides is 2. The van der Waals surface area contributed by atoms with Crippen molar-refractivity contribution in [2.24, 2.45) is 10.9 Å². The predicted octanol–water partition coefficient (Wildman–Crippen LogP) is 4.68. The van der Waals surface area contributed by atoms with Crippen molar-refractivity contribution in [1.29, 1.82) is 0 Å². The highest BCUT2D eigenvalue weighted by Gasteiger charge is 2.35. The molecule has 1 aliphatic heterocycles. The lowest BCUT2D eigenvalue weighted by Gasteiger charge is -2.34. The monoisotopic (exact) mass is 538 g/mol. The normalized spacial score (nSPS) is 19.1. The van der Waals surface area contributed by atoms with Gasteiger partial charge in [0.2, 0.25) is 11.8 Å². The van der Waals surface area contributed by atoms with Gasteiger partial charge in [0.05, 0.1) is 17.8 Å². The van der Waals surface area contributed by atoms with E-state index in [-0.39, 0.29) is 23.8 Å². The van der Waals surface area contributed by atoms with Gasteiger partial charge in [-0.1, -0.05) is 49.4 Å². The van der Waals surface area contributed by atoms with Gasteiger partial charge in [-0.05, 0) is 68.7 Å². The Morgan fingerprint density at radius 2 is 1.92 bits per heavy atom. The first kappa shape index (κ1) is 29.9. The quantitative estimate of drug-likeness (QED) is 0.287. The number of benzene rings is 2. The van der Waals surface area contributed by atoms with Crippen LogP contribution in [0.2, 0.25) is 0 Å². The largest absolute Gasteiger partial charge is 0.381 e. The average molecular weight is 539 g/mol. The average Bonchev–Trinajstić information content (AvgIpc) is 3.23. The number of carbonyl (C=O) groups is 2. The first-order chi connectivity index (χ1) is 18.4. The summed E-state index contributed by atoms with van der Waals surface area (Å²) in [7, 11) is 1.74. The molecule has 0 bridgehead atoms. The molecule has 0 aromatic heterocycles. The number of rotatable bonds is 11. The molecule has 2 aromatic rings. The standard InChI is InChI=1S/C30H42N4O3S/c1-5-16-34(30(36)28(33-29(35)22(3)31-4)24-12-9-17-37-18-15-24)21(2)19-32-27(20-38)26-14-8-11-23-10-6-7-13-25(23)26/h6-8,10-11,13-14,19-22,24,28,31,38H,5,9,12,15-18H2,1-4H3,(H,33,35)/b27-20-,32-19?/t21-,22-,24?,28?/m0/s1. The van der Waals surface area contributed by atoms with E-state index in [9.17, 15) is 9.59 Å². The van der Waals surface area contributed by atoms with Gasteiger partial charge < -0.3 is 20.3 Å². The number of nitrogens with one attached hydrogen (secondary N) is 2. The highest BCUT2D eigenvalue weighted by Crippen LogP contribution is 2.27. The Balaban J connectivity index is 1.86. The van der Waals surface area contributed by atoms with Crippen LogP contribution in [0.1, 0.15) is 52.0 Å². The van der Waals surface area contributed by atoms with E-state index in [4.69, 9.17) is 9.73 Å². The van der Waals surface area contributed by atoms with Crippen molar-refractivity contribution in [1.82, 2.24) is 15.5 Å². The minimum atomic E-state index is -0.611. The molecule has 0 saturated carbocycles. The number of aliphatic imine (C=N–C) groups is 1. The van der Waals surface area contributed by atoms with Gasteiger partial charge in [0, 0.05) is 31.5 Å². The molecule has 0 spiro atoms. The fraction of sp³-hybridized carbons (Fsp3) is 0.500. The van der Waals surface area contributed by atoms with Crippen LogP contribution in [-0.2, 0) is 14.3 Å². The number of likely N-dealkylation sites (N-methyl/N-ethyl adjacent to an activating group) is 1. The maximum Gasteiger partial charge on any atom is 0.245 e. The van der Waals surface area contributed by atoms with Gasteiger partial charge in [-0.15, -0.1) is 12.6 Å². The third-order valence-electron chi connectivity index (χ3n) is 7.21. The Kier molecular flexibility index (Phi) is 11.8. The maximum atomic E-state index is 14.1. The molecule has 2 N–H and O–H groups in total. The van der Waals surface area contributed by atoms with Crippen molar-refractivity contribution >= 4 is 47.1 Å². The van der Waals surface area contributed by atoms with Gasteiger partial charge in [-0.2, -0.15) is 0 Å². The summed E-state index contributed by atoms with van der Waals surface area (Å²) in [5, 5.41) is 9.96. The van der Waals surface area contributed by atoms with E-state index >= 15 is 0 Å². The van der Waals surface area contributed by atoms with Gasteiger partial charge in [0.15, 0.2) is 0 Å². The van der Waals surface area contributed by atoms with Crippen molar-refractivity contribution < 1.29 is 14.3 Å². The zero-order valence-electron chi connectivity index (χ0n) is 23.0. The molecule has 4 atom stereocenters. The molecule has 1 aliphatic rings. The molecule has 1 fully saturated rings. The smallest absolute Gasteiger partial charge is 0.245 e. The lowest BCUT2D eigenvalue weighted by molar-refractivity contribution is -0.139. The fourth-order valence-corrected chi connectivity index (χ4v) is 5.08. The van der Waals surface area contributed by atoms with Gasteiger partial charge in [-0.25, -0.2) is 0 Å². The minimum Gasteiger partial charge on any atom is -0.381 e. The molecular weight excluding hydrogens is 496 g/mol. The zero-order valence-corrected chi connectivity index (χ0v) is 23.9. The van der Waals surface area contributed by atoms with Gasteiger partial charge in [0.25, 0.3) is 0 Å². The van der Waals surface area contributed by atoms with E-state index in [1.165, 1.54) is 0 Å². The van der Waals surface area contributed by atoms with Crippen LogP contribution in [-0.4, -0.2) is 67.9 Å². The van der Waals surface area contributed by atoms with Crippen LogP contribution in [0.3, 0.4) is 0 Å². The maximum absolute atomic E-state index is 14.1. The van der Waals surface area contributed by atoms with Crippen molar-refractivity contribution in [2.75, 3.05) is 26.8 Å². The number of fused-ring (bicyclic) bond motifs is 1. The van der Waals surface area contributed by atoms with Crippen molar-refractivity contribution in [3.8, 4) is 0 Å². The van der Waals surface area contributed by atoms with Crippen LogP contribution < -0.4 is 10.6 Å². The number of nitrogens with zero attached hydrogens (tertiary/aromatic N) is 2. The van der Waals surface area contributed by atoms with Crippen molar-refractivity contribution in [3.63, 3.8) is 0 Å². The number of thiol groups is 1. The highest BCUT2D eigenvalue weighted by atomic mass is 32.1. The molecule has 0 radical (unpaired) electrons. The van der Waals surface area contributed by atoms with Crippen LogP contribution in [0.25, 0.3) is 16.5 Å². The SMILES string of the molecule is CCCN(C(=O)C(NC(=O)[C@H](C)NC)C1CCCOCC1)[C@@H](C)C=N/C(=C\S)c1cccc2ccccc12. The van der Waals surface area contributed by atoms with Crippen LogP contribution in [0, 0.1) is 5.92 Å². The van der Waals surface area contributed by atoms with Crippen LogP contribution in [0.4, 0.5) is 0 Å². The second-order valence-electron chi connectivity index (χ2n) is 9.89. The van der Waals surface area contributed by atoms with E-state index in [1.54, 1.807) is 19.4 Å². The summed E-state index contributed by atoms with van der Waals surface area (Å²) in [6, 6.07) is 13.0. The predicted molar refractivity (Wildman–Crippen MR) is 159 cm³/mol. The molecule has 38 heavy (non-hydrogen) atoms. The Bertz CT molecular complexity index is 1120. The molecule has 0 aliphatic carbocycles. The molecule has 2 amide bonds. The molecule has 8 heteroatoms. The lowest BCUT2D eigenvalue weighted by atomic mass is 9.90. The number of hydrogen-bond donors (Lipinski definition) is 3. The molecule has 2 aromatic carbocycles. The first-order valence-electron chi connectivity index (χ1n) is 13.6. The molecule has 1 saturated heterocycles. The van der Waals surface area contributed by atoms with Crippen LogP contribution >= 0.6 is 12.6 Å². The number of hydrogen-bond acceptors (Lipinski definition) is 6. The molecule has 1 heterocycles. The third kappa shape index (κ3) is 7.68. The fourth-order valence-electron chi connectivity index (χ4n) is 4.88. The molecular formula is C30H42N4O3S. The van der Waals surface area contributed by atoms with E-state index < -0.39 is 12.1 Å². The minimum absolute atomic E-state index is 0.0186. The van der Waals surface area contributed by atoms with E-state index in [1.807, 2.05) is 42.3 Å². The number of ether oxygens (including phenoxy) is 1. The second kappa shape index (κ2) is 15.0. The van der Waals surface area contributed by atoms with Crippen LogP contribution in [0.15, 0.2) is 52.9 Å². The van der Waals surface area contributed by atoms with Gasteiger partial charge in [-0.3, -0.25) is 14.6 Å². The van der Waals surface area contributed by atoms with Crippen molar-refractivity contribution in [2.45, 2.75) is 64.6 Å². The topological polar surface area (TPSA) is 83.0 Å². The summed E-state index contributed by atoms with van der Waals surface area (Å²) >= 11 is 4.45. The van der Waals surface area contributed by atoms with Gasteiger partial charge in [0.1, 0.15) is 6.04 Å². The lowest BCUT2D eigenvalue weighted by Crippen LogP contribution is -2.57. The van der Waals surface area contributed by atoms with Crippen LogP contribution in [0.5, 0.6) is 0 Å². The van der Waals surface area contributed by atoms with Crippen molar-refractivity contribution in [3.05, 3.63) is 53.4 Å². The first-order valence-corrected chi connectivity index (χ1v) is 14.1. The Labute approximate surface area is 232 Å². The molecule has 206 valence electrons. The Hall–Kier alpha value is -2.68. The summed E-state index contributed by atoms with van der Waals surface area (Å²) in [4.78, 5) is 33.5. The van der Waals surface area contributed by atoms with E-state index in [2.05, 4.69) is 48.4 Å². The summed E-state index contributed by atoms with van der Waals surface area (Å²) in [6.45, 7) is 7.67. The molecule has 7 nitrogen and oxygen atoms in total. The summed E-state index contributed by atoms with van der Waals surface area (Å²) in [5.41, 5.74) is 1.72. The zero-order chi connectivity index (χ0) is 27.5.